The minimum absolute atomic E-state index is 0.0775. The number of nitrogens with two attached hydrogens (primary N) is 1. The third-order valence-electron chi connectivity index (χ3n) is 3.26. The van der Waals surface area contributed by atoms with Gasteiger partial charge < -0.3 is 10.2 Å². The summed E-state index contributed by atoms with van der Waals surface area (Å²) in [5.41, 5.74) is 0.912. The van der Waals surface area contributed by atoms with Crippen LogP contribution in [0.1, 0.15) is 6.92 Å². The second kappa shape index (κ2) is 7.24. The molecule has 0 aromatic heterocycles. The predicted molar refractivity (Wildman–Crippen MR) is 90.9 cm³/mol. The highest BCUT2D eigenvalue weighted by Gasteiger charge is 2.22. The van der Waals surface area contributed by atoms with Gasteiger partial charge in [-0.1, -0.05) is 18.2 Å². The van der Waals surface area contributed by atoms with Crippen molar-refractivity contribution >= 4 is 33.2 Å². The van der Waals surface area contributed by atoms with E-state index in [0.717, 1.165) is 0 Å². The predicted octanol–water partition coefficient (Wildman–Crippen LogP) is 1.33. The molecule has 2 rings (SSSR count). The number of likely N-dealkylation sites (N-methyl/N-ethyl adjacent to an activating group) is 1. The van der Waals surface area contributed by atoms with Gasteiger partial charge in [0, 0.05) is 17.9 Å². The molecular formula is C16H17N3O4S. The van der Waals surface area contributed by atoms with E-state index in [1.165, 1.54) is 29.2 Å². The Morgan fingerprint density at radius 3 is 2.12 bits per heavy atom. The van der Waals surface area contributed by atoms with Crippen LogP contribution in [0.5, 0.6) is 0 Å². The molecule has 0 saturated heterocycles. The Hall–Kier alpha value is -2.71. The number of carbonyl (C=O) groups is 2. The van der Waals surface area contributed by atoms with Crippen molar-refractivity contribution in [2.75, 3.05) is 16.8 Å². The third kappa shape index (κ3) is 4.18. The van der Waals surface area contributed by atoms with Gasteiger partial charge in [-0.3, -0.25) is 9.59 Å². The molecule has 2 aromatic rings. The summed E-state index contributed by atoms with van der Waals surface area (Å²) in [6.07, 6.45) is 0. The first kappa shape index (κ1) is 17.6. The van der Waals surface area contributed by atoms with Crippen LogP contribution in [0.15, 0.2) is 59.5 Å². The normalized spacial score (nSPS) is 10.9. The van der Waals surface area contributed by atoms with E-state index in [-0.39, 0.29) is 4.90 Å². The molecule has 0 spiro atoms. The van der Waals surface area contributed by atoms with Gasteiger partial charge in [-0.05, 0) is 43.3 Å². The van der Waals surface area contributed by atoms with Crippen LogP contribution in [0.3, 0.4) is 0 Å². The highest BCUT2D eigenvalue weighted by Crippen LogP contribution is 2.15. The Labute approximate surface area is 140 Å². The smallest absolute Gasteiger partial charge is 0.316 e. The molecule has 0 aliphatic heterocycles. The first-order chi connectivity index (χ1) is 11.3. The molecule has 0 aliphatic rings. The molecular weight excluding hydrogens is 330 g/mol. The van der Waals surface area contributed by atoms with Crippen LogP contribution in [0.4, 0.5) is 11.4 Å². The molecule has 0 saturated carbocycles. The summed E-state index contributed by atoms with van der Waals surface area (Å²) in [5, 5.41) is 7.44. The van der Waals surface area contributed by atoms with Crippen LogP contribution in [0, 0.1) is 0 Å². The van der Waals surface area contributed by atoms with Crippen molar-refractivity contribution in [3.05, 3.63) is 54.6 Å². The van der Waals surface area contributed by atoms with Gasteiger partial charge in [-0.15, -0.1) is 0 Å². The number of nitrogens with zero attached hydrogens (tertiary/aromatic N) is 1. The second-order valence-electron chi connectivity index (χ2n) is 4.91. The average Bonchev–Trinajstić information content (AvgIpc) is 2.56. The standard InChI is InChI=1S/C16H17N3O4S/c1-2-19(13-6-4-3-5-7-13)16(21)15(20)18-12-8-10-14(11-9-12)24(17,22)23/h3-11H,2H2,1H3,(H,18,20)(H2,17,22,23). The van der Waals surface area contributed by atoms with E-state index in [9.17, 15) is 18.0 Å². The number of para-hydroxylation sites is 1. The number of rotatable bonds is 4. The van der Waals surface area contributed by atoms with E-state index >= 15 is 0 Å². The first-order valence-electron chi connectivity index (χ1n) is 7.13. The summed E-state index contributed by atoms with van der Waals surface area (Å²) < 4.78 is 22.4. The summed E-state index contributed by atoms with van der Waals surface area (Å²) in [4.78, 5) is 25.7. The first-order valence-corrected chi connectivity index (χ1v) is 8.68. The number of primary sulfonamides is 1. The van der Waals surface area contributed by atoms with Gasteiger partial charge in [0.15, 0.2) is 0 Å². The van der Waals surface area contributed by atoms with E-state index in [0.29, 0.717) is 17.9 Å². The van der Waals surface area contributed by atoms with Crippen molar-refractivity contribution in [1.29, 1.82) is 0 Å². The fraction of sp³-hybridized carbons (Fsp3) is 0.125. The van der Waals surface area contributed by atoms with Gasteiger partial charge in [0.05, 0.1) is 4.90 Å². The Balaban J connectivity index is 2.12. The molecule has 0 fully saturated rings. The molecule has 0 bridgehead atoms. The van der Waals surface area contributed by atoms with Crippen molar-refractivity contribution in [1.82, 2.24) is 0 Å². The van der Waals surface area contributed by atoms with Crippen molar-refractivity contribution in [3.63, 3.8) is 0 Å². The minimum Gasteiger partial charge on any atom is -0.318 e. The molecule has 0 heterocycles. The number of hydrogen-bond donors (Lipinski definition) is 2. The van der Waals surface area contributed by atoms with Crippen LogP contribution >= 0.6 is 0 Å². The van der Waals surface area contributed by atoms with Crippen LogP contribution in [0.25, 0.3) is 0 Å². The number of hydrogen-bond acceptors (Lipinski definition) is 4. The SMILES string of the molecule is CCN(C(=O)C(=O)Nc1ccc(S(N)(=O)=O)cc1)c1ccccc1. The van der Waals surface area contributed by atoms with Crippen molar-refractivity contribution in [2.24, 2.45) is 5.14 Å². The number of anilines is 2. The number of carbonyl (C=O) groups excluding carboxylic acids is 2. The molecule has 7 nitrogen and oxygen atoms in total. The number of sulfonamides is 1. The van der Waals surface area contributed by atoms with Crippen molar-refractivity contribution in [3.8, 4) is 0 Å². The van der Waals surface area contributed by atoms with Gasteiger partial charge in [0.25, 0.3) is 0 Å². The maximum absolute atomic E-state index is 12.3. The monoisotopic (exact) mass is 347 g/mol. The lowest BCUT2D eigenvalue weighted by Gasteiger charge is -2.20. The highest BCUT2D eigenvalue weighted by atomic mass is 32.2. The largest absolute Gasteiger partial charge is 0.318 e. The summed E-state index contributed by atoms with van der Waals surface area (Å²) >= 11 is 0. The minimum atomic E-state index is -3.81. The Bertz CT molecular complexity index is 833. The average molecular weight is 347 g/mol. The van der Waals surface area contributed by atoms with Crippen molar-refractivity contribution < 1.29 is 18.0 Å². The van der Waals surface area contributed by atoms with Crippen LogP contribution in [-0.4, -0.2) is 26.8 Å². The molecule has 2 aromatic carbocycles. The van der Waals surface area contributed by atoms with Gasteiger partial charge >= 0.3 is 11.8 Å². The maximum Gasteiger partial charge on any atom is 0.316 e. The van der Waals surface area contributed by atoms with E-state index in [2.05, 4.69) is 5.32 Å². The lowest BCUT2D eigenvalue weighted by atomic mass is 10.2. The van der Waals surface area contributed by atoms with E-state index in [1.54, 1.807) is 31.2 Å². The molecule has 3 N–H and O–H groups in total. The summed E-state index contributed by atoms with van der Waals surface area (Å²) in [6, 6.07) is 14.1. The molecule has 2 amide bonds. The van der Waals surface area contributed by atoms with Gasteiger partial charge in [-0.2, -0.15) is 0 Å². The molecule has 0 aliphatic carbocycles. The fourth-order valence-corrected chi connectivity index (χ4v) is 2.60. The highest BCUT2D eigenvalue weighted by molar-refractivity contribution is 7.89. The molecule has 0 radical (unpaired) electrons. The zero-order valence-electron chi connectivity index (χ0n) is 13.0. The zero-order valence-corrected chi connectivity index (χ0v) is 13.8. The van der Waals surface area contributed by atoms with E-state index < -0.39 is 21.8 Å². The van der Waals surface area contributed by atoms with Gasteiger partial charge in [0.2, 0.25) is 10.0 Å². The molecule has 0 unspecified atom stereocenters. The van der Waals surface area contributed by atoms with Crippen LogP contribution < -0.4 is 15.4 Å². The molecule has 126 valence electrons. The number of nitrogens with one attached hydrogen (secondary N) is 1. The van der Waals surface area contributed by atoms with Gasteiger partial charge in [0.1, 0.15) is 0 Å². The lowest BCUT2D eigenvalue weighted by Crippen LogP contribution is -2.39. The summed E-state index contributed by atoms with van der Waals surface area (Å²) in [7, 11) is -3.81. The number of amides is 2. The third-order valence-corrected chi connectivity index (χ3v) is 4.19. The van der Waals surface area contributed by atoms with Gasteiger partial charge in [-0.25, -0.2) is 13.6 Å². The Morgan fingerprint density at radius 2 is 1.62 bits per heavy atom. The summed E-state index contributed by atoms with van der Waals surface area (Å²) in [6.45, 7) is 2.10. The van der Waals surface area contributed by atoms with Crippen LogP contribution in [0.2, 0.25) is 0 Å². The topological polar surface area (TPSA) is 110 Å². The quantitative estimate of drug-likeness (QED) is 0.813. The lowest BCUT2D eigenvalue weighted by molar-refractivity contribution is -0.134. The van der Waals surface area contributed by atoms with Crippen molar-refractivity contribution in [2.45, 2.75) is 11.8 Å². The van der Waals surface area contributed by atoms with Crippen LogP contribution in [-0.2, 0) is 19.6 Å². The summed E-state index contributed by atoms with van der Waals surface area (Å²) in [5.74, 6) is -1.52. The Kier molecular flexibility index (Phi) is 5.32. The zero-order chi connectivity index (χ0) is 17.7. The molecule has 24 heavy (non-hydrogen) atoms. The second-order valence-corrected chi connectivity index (χ2v) is 6.47. The Morgan fingerprint density at radius 1 is 1.04 bits per heavy atom. The molecule has 0 atom stereocenters. The fourth-order valence-electron chi connectivity index (χ4n) is 2.09. The molecule has 8 heteroatoms. The number of benzene rings is 2. The van der Waals surface area contributed by atoms with E-state index in [4.69, 9.17) is 5.14 Å². The van der Waals surface area contributed by atoms with E-state index in [1.807, 2.05) is 6.07 Å². The maximum atomic E-state index is 12.3.